The molecule has 1 aromatic rings. The minimum Gasteiger partial charge on any atom is -0.466 e. The lowest BCUT2D eigenvalue weighted by Gasteiger charge is -2.21. The fraction of sp³-hybridized carbons (Fsp3) is 0.600. The zero-order chi connectivity index (χ0) is 14.7. The maximum Gasteiger partial charge on any atom is 0.330 e. The Morgan fingerprint density at radius 3 is 2.40 bits per heavy atom. The van der Waals surface area contributed by atoms with Gasteiger partial charge >= 0.3 is 8.60 Å². The van der Waals surface area contributed by atoms with Crippen molar-refractivity contribution in [1.82, 2.24) is 0 Å². The van der Waals surface area contributed by atoms with Crippen LogP contribution in [-0.2, 0) is 4.52 Å². The largest absolute Gasteiger partial charge is 0.466 e. The third-order valence-corrected chi connectivity index (χ3v) is 4.23. The van der Waals surface area contributed by atoms with Crippen molar-refractivity contribution in [2.45, 2.75) is 45.4 Å². The summed E-state index contributed by atoms with van der Waals surface area (Å²) in [6.45, 7) is 6.35. The zero-order valence-corrected chi connectivity index (χ0v) is 13.1. The molecule has 0 radical (unpaired) electrons. The first-order valence-corrected chi connectivity index (χ1v) is 8.23. The number of rotatable bonds is 7. The molecule has 112 valence electrons. The van der Waals surface area contributed by atoms with Gasteiger partial charge in [-0.25, -0.2) is 0 Å². The molecule has 2 rings (SSSR count). The molecule has 4 nitrogen and oxygen atoms in total. The van der Waals surface area contributed by atoms with Crippen LogP contribution in [0.15, 0.2) is 18.2 Å². The SMILES string of the molecule is CC(C)c1cccc([C@H](C)C2CC2)c1OCOP(O)O. The van der Waals surface area contributed by atoms with Crippen molar-refractivity contribution >= 4 is 8.60 Å². The van der Waals surface area contributed by atoms with Crippen LogP contribution in [0.4, 0.5) is 0 Å². The zero-order valence-electron chi connectivity index (χ0n) is 12.2. The first-order chi connectivity index (χ1) is 9.50. The van der Waals surface area contributed by atoms with Crippen LogP contribution >= 0.6 is 8.60 Å². The van der Waals surface area contributed by atoms with Crippen LogP contribution in [0.3, 0.4) is 0 Å². The Morgan fingerprint density at radius 1 is 1.20 bits per heavy atom. The monoisotopic (exact) mass is 298 g/mol. The second kappa shape index (κ2) is 6.86. The van der Waals surface area contributed by atoms with Gasteiger partial charge in [0.2, 0.25) is 0 Å². The van der Waals surface area contributed by atoms with E-state index in [4.69, 9.17) is 19.0 Å². The van der Waals surface area contributed by atoms with Crippen LogP contribution < -0.4 is 4.74 Å². The van der Waals surface area contributed by atoms with Crippen LogP contribution in [0.25, 0.3) is 0 Å². The second-order valence-corrected chi connectivity index (χ2v) is 6.45. The molecule has 1 aromatic carbocycles. The molecular formula is C15H23O4P. The highest BCUT2D eigenvalue weighted by atomic mass is 31.2. The minimum atomic E-state index is -2.37. The van der Waals surface area contributed by atoms with Crippen molar-refractivity contribution in [1.29, 1.82) is 0 Å². The van der Waals surface area contributed by atoms with E-state index in [1.807, 2.05) is 0 Å². The topological polar surface area (TPSA) is 58.9 Å². The van der Waals surface area contributed by atoms with E-state index < -0.39 is 8.60 Å². The molecule has 0 aliphatic heterocycles. The van der Waals surface area contributed by atoms with Crippen molar-refractivity contribution < 1.29 is 19.0 Å². The van der Waals surface area contributed by atoms with Gasteiger partial charge in [-0.15, -0.1) is 0 Å². The average molecular weight is 298 g/mol. The quantitative estimate of drug-likeness (QED) is 0.592. The number of benzene rings is 1. The van der Waals surface area contributed by atoms with Gasteiger partial charge in [0.1, 0.15) is 5.75 Å². The Bertz CT molecular complexity index is 443. The Balaban J connectivity index is 2.22. The van der Waals surface area contributed by atoms with Crippen molar-refractivity contribution in [3.05, 3.63) is 29.3 Å². The molecule has 0 spiro atoms. The molecular weight excluding hydrogens is 275 g/mol. The highest BCUT2D eigenvalue weighted by Crippen LogP contribution is 2.46. The summed E-state index contributed by atoms with van der Waals surface area (Å²) in [6.07, 6.45) is 2.56. The first kappa shape index (κ1) is 15.7. The smallest absolute Gasteiger partial charge is 0.330 e. The number of ether oxygens (including phenoxy) is 1. The van der Waals surface area contributed by atoms with Crippen LogP contribution in [0.5, 0.6) is 5.75 Å². The summed E-state index contributed by atoms with van der Waals surface area (Å²) in [7, 11) is -2.37. The van der Waals surface area contributed by atoms with Crippen molar-refractivity contribution in [2.24, 2.45) is 5.92 Å². The van der Waals surface area contributed by atoms with Gasteiger partial charge in [0.15, 0.2) is 6.79 Å². The lowest BCUT2D eigenvalue weighted by atomic mass is 9.90. The third-order valence-electron chi connectivity index (χ3n) is 3.89. The van der Waals surface area contributed by atoms with E-state index in [0.29, 0.717) is 11.8 Å². The fourth-order valence-electron chi connectivity index (χ4n) is 2.54. The van der Waals surface area contributed by atoms with E-state index in [1.54, 1.807) is 0 Å². The van der Waals surface area contributed by atoms with Crippen molar-refractivity contribution in [3.8, 4) is 5.75 Å². The van der Waals surface area contributed by atoms with E-state index in [-0.39, 0.29) is 6.79 Å². The normalized spacial score (nSPS) is 16.8. The molecule has 0 aromatic heterocycles. The first-order valence-electron chi connectivity index (χ1n) is 7.07. The molecule has 2 N–H and O–H groups in total. The van der Waals surface area contributed by atoms with Crippen LogP contribution in [0.1, 0.15) is 56.6 Å². The second-order valence-electron chi connectivity index (χ2n) is 5.69. The Kier molecular flexibility index (Phi) is 5.39. The molecule has 1 atom stereocenters. The average Bonchev–Trinajstić information content (AvgIpc) is 3.21. The summed E-state index contributed by atoms with van der Waals surface area (Å²) >= 11 is 0. The molecule has 0 saturated heterocycles. The maximum absolute atomic E-state index is 8.80. The Hall–Kier alpha value is -0.670. The number of para-hydroxylation sites is 1. The van der Waals surface area contributed by atoms with Gasteiger partial charge in [0.05, 0.1) is 0 Å². The van der Waals surface area contributed by atoms with Crippen molar-refractivity contribution in [2.75, 3.05) is 6.79 Å². The standard InChI is InChI=1S/C15H23O4P/c1-10(2)13-5-4-6-14(11(3)12-7-8-12)15(13)18-9-19-20(16)17/h4-6,10-12,16-17H,7-9H2,1-3H3/t11-/m1/s1. The van der Waals surface area contributed by atoms with E-state index in [0.717, 1.165) is 17.2 Å². The molecule has 20 heavy (non-hydrogen) atoms. The Morgan fingerprint density at radius 2 is 1.85 bits per heavy atom. The Labute approximate surface area is 121 Å². The van der Waals surface area contributed by atoms with Gasteiger partial charge in [-0.1, -0.05) is 39.0 Å². The molecule has 5 heteroatoms. The van der Waals surface area contributed by atoms with E-state index in [9.17, 15) is 0 Å². The third kappa shape index (κ3) is 3.92. The summed E-state index contributed by atoms with van der Waals surface area (Å²) < 4.78 is 10.5. The van der Waals surface area contributed by atoms with Gasteiger partial charge in [-0.05, 0) is 41.7 Å². The van der Waals surface area contributed by atoms with E-state index in [1.165, 1.54) is 18.4 Å². The molecule has 0 bridgehead atoms. The molecule has 0 unspecified atom stereocenters. The number of hydrogen-bond acceptors (Lipinski definition) is 4. The summed E-state index contributed by atoms with van der Waals surface area (Å²) in [4.78, 5) is 17.6. The van der Waals surface area contributed by atoms with Crippen LogP contribution in [0, 0.1) is 5.92 Å². The summed E-state index contributed by atoms with van der Waals surface area (Å²) in [5, 5.41) is 0. The van der Waals surface area contributed by atoms with Crippen LogP contribution in [0.2, 0.25) is 0 Å². The summed E-state index contributed by atoms with van der Waals surface area (Å²) in [6, 6.07) is 6.23. The fourth-order valence-corrected chi connectivity index (χ4v) is 2.68. The van der Waals surface area contributed by atoms with E-state index >= 15 is 0 Å². The summed E-state index contributed by atoms with van der Waals surface area (Å²) in [5.41, 5.74) is 2.33. The van der Waals surface area contributed by atoms with Crippen LogP contribution in [-0.4, -0.2) is 16.6 Å². The highest BCUT2D eigenvalue weighted by molar-refractivity contribution is 7.39. The molecule has 0 heterocycles. The van der Waals surface area contributed by atoms with Gasteiger partial charge < -0.3 is 14.5 Å². The molecule has 1 aliphatic rings. The molecule has 0 amide bonds. The van der Waals surface area contributed by atoms with Gasteiger partial charge in [0, 0.05) is 0 Å². The maximum atomic E-state index is 8.80. The van der Waals surface area contributed by atoms with Gasteiger partial charge in [-0.2, -0.15) is 0 Å². The van der Waals surface area contributed by atoms with Gasteiger partial charge in [-0.3, -0.25) is 4.52 Å². The molecule has 1 fully saturated rings. The molecule has 1 aliphatic carbocycles. The van der Waals surface area contributed by atoms with Gasteiger partial charge in [0.25, 0.3) is 0 Å². The predicted molar refractivity (Wildman–Crippen MR) is 79.6 cm³/mol. The highest BCUT2D eigenvalue weighted by Gasteiger charge is 2.31. The minimum absolute atomic E-state index is 0.132. The van der Waals surface area contributed by atoms with E-state index in [2.05, 4.69) is 39.0 Å². The lowest BCUT2D eigenvalue weighted by Crippen LogP contribution is -2.08. The predicted octanol–water partition coefficient (Wildman–Crippen LogP) is 3.89. The number of hydrogen-bond donors (Lipinski definition) is 2. The molecule has 1 saturated carbocycles. The summed E-state index contributed by atoms with van der Waals surface area (Å²) in [5.74, 6) is 2.40. The lowest BCUT2D eigenvalue weighted by molar-refractivity contribution is 0.102. The van der Waals surface area contributed by atoms with Crippen molar-refractivity contribution in [3.63, 3.8) is 0 Å².